The first-order valence-corrected chi connectivity index (χ1v) is 12.5. The number of amides is 1. The zero-order valence-corrected chi connectivity index (χ0v) is 21.6. The number of para-hydroxylation sites is 1. The summed E-state index contributed by atoms with van der Waals surface area (Å²) in [6.07, 6.45) is 0.704. The van der Waals surface area contributed by atoms with Gasteiger partial charge in [-0.25, -0.2) is 4.98 Å². The van der Waals surface area contributed by atoms with Crippen LogP contribution in [0, 0.1) is 6.92 Å². The fourth-order valence-electron chi connectivity index (χ4n) is 4.98. The van der Waals surface area contributed by atoms with Crippen LogP contribution in [0.25, 0.3) is 0 Å². The summed E-state index contributed by atoms with van der Waals surface area (Å²) in [5, 5.41) is 0. The molecule has 0 aliphatic carbocycles. The molecule has 36 heavy (non-hydrogen) atoms. The largest absolute Gasteiger partial charge is 0.496 e. The third-order valence-electron chi connectivity index (χ3n) is 7.04. The lowest BCUT2D eigenvalue weighted by atomic mass is 10.0. The maximum atomic E-state index is 13.3. The van der Waals surface area contributed by atoms with Crippen molar-refractivity contribution in [2.45, 2.75) is 19.9 Å². The van der Waals surface area contributed by atoms with E-state index in [9.17, 15) is 4.79 Å². The molecule has 1 fully saturated rings. The molecule has 3 aromatic rings. The monoisotopic (exact) mass is 486 g/mol. The van der Waals surface area contributed by atoms with Gasteiger partial charge in [-0.05, 0) is 31.2 Å². The highest BCUT2D eigenvalue weighted by Crippen LogP contribution is 2.30. The van der Waals surface area contributed by atoms with Gasteiger partial charge in [0, 0.05) is 64.5 Å². The number of ether oxygens (including phenoxy) is 1. The van der Waals surface area contributed by atoms with Gasteiger partial charge < -0.3 is 24.3 Å². The molecule has 3 heterocycles. The van der Waals surface area contributed by atoms with Crippen LogP contribution in [0.5, 0.6) is 5.75 Å². The highest BCUT2D eigenvalue weighted by Gasteiger charge is 2.29. The van der Waals surface area contributed by atoms with Gasteiger partial charge in [0.1, 0.15) is 11.6 Å². The molecule has 0 radical (unpaired) electrons. The Labute approximate surface area is 213 Å². The van der Waals surface area contributed by atoms with Crippen molar-refractivity contribution in [3.05, 3.63) is 70.9 Å². The van der Waals surface area contributed by atoms with Gasteiger partial charge in [0.05, 0.1) is 24.9 Å². The van der Waals surface area contributed by atoms with E-state index in [1.54, 1.807) is 7.11 Å². The second-order valence-corrected chi connectivity index (χ2v) is 9.65. The minimum atomic E-state index is -0.0286. The van der Waals surface area contributed by atoms with Crippen molar-refractivity contribution in [1.29, 1.82) is 0 Å². The van der Waals surface area contributed by atoms with Crippen molar-refractivity contribution in [3.8, 4) is 5.75 Å². The summed E-state index contributed by atoms with van der Waals surface area (Å²) >= 11 is 0. The SMILES string of the molecule is COc1ccccc1C(=O)N1CCc2nc(N3CCN(c4ccc(C)cc4)CC3)nc(N(C)C)c2C1. The summed E-state index contributed by atoms with van der Waals surface area (Å²) in [6, 6.07) is 16.1. The summed E-state index contributed by atoms with van der Waals surface area (Å²) < 4.78 is 5.42. The normalized spacial score (nSPS) is 15.5. The predicted molar refractivity (Wildman–Crippen MR) is 143 cm³/mol. The van der Waals surface area contributed by atoms with Gasteiger partial charge in [-0.3, -0.25) is 4.79 Å². The van der Waals surface area contributed by atoms with Crippen molar-refractivity contribution in [2.75, 3.05) is 68.6 Å². The molecule has 2 aliphatic rings. The van der Waals surface area contributed by atoms with E-state index in [0.29, 0.717) is 30.8 Å². The number of carbonyl (C=O) groups excluding carboxylic acids is 1. The second kappa shape index (κ2) is 10.0. The fraction of sp³-hybridized carbons (Fsp3) is 0.393. The second-order valence-electron chi connectivity index (χ2n) is 9.65. The van der Waals surface area contributed by atoms with Crippen molar-refractivity contribution >= 4 is 23.4 Å². The molecule has 188 valence electrons. The number of rotatable bonds is 5. The van der Waals surface area contributed by atoms with Crippen LogP contribution in [0.3, 0.4) is 0 Å². The number of nitrogens with zero attached hydrogens (tertiary/aromatic N) is 6. The third kappa shape index (κ3) is 4.67. The number of hydrogen-bond acceptors (Lipinski definition) is 7. The fourth-order valence-corrected chi connectivity index (χ4v) is 4.98. The molecule has 5 rings (SSSR count). The van der Waals surface area contributed by atoms with E-state index in [4.69, 9.17) is 14.7 Å². The maximum absolute atomic E-state index is 13.3. The molecule has 1 aromatic heterocycles. The van der Waals surface area contributed by atoms with Crippen LogP contribution in [0.1, 0.15) is 27.2 Å². The Bertz CT molecular complexity index is 1240. The van der Waals surface area contributed by atoms with Crippen LogP contribution < -0.4 is 19.4 Å². The van der Waals surface area contributed by atoms with Gasteiger partial charge in [-0.15, -0.1) is 0 Å². The topological polar surface area (TPSA) is 65.0 Å². The minimum Gasteiger partial charge on any atom is -0.496 e. The number of carbonyl (C=O) groups is 1. The Morgan fingerprint density at radius 2 is 1.61 bits per heavy atom. The summed E-state index contributed by atoms with van der Waals surface area (Å²) in [5.41, 5.74) is 5.18. The van der Waals surface area contributed by atoms with E-state index < -0.39 is 0 Å². The Balaban J connectivity index is 1.34. The van der Waals surface area contributed by atoms with Crippen LogP contribution in [0.4, 0.5) is 17.5 Å². The van der Waals surface area contributed by atoms with Crippen molar-refractivity contribution in [1.82, 2.24) is 14.9 Å². The number of fused-ring (bicyclic) bond motifs is 1. The van der Waals surface area contributed by atoms with Crippen LogP contribution >= 0.6 is 0 Å². The molecule has 0 saturated carbocycles. The minimum absolute atomic E-state index is 0.0286. The van der Waals surface area contributed by atoms with E-state index >= 15 is 0 Å². The van der Waals surface area contributed by atoms with Crippen LogP contribution in [-0.2, 0) is 13.0 Å². The van der Waals surface area contributed by atoms with E-state index in [1.807, 2.05) is 48.2 Å². The first-order chi connectivity index (χ1) is 17.4. The number of benzene rings is 2. The van der Waals surface area contributed by atoms with Crippen molar-refractivity contribution < 1.29 is 9.53 Å². The van der Waals surface area contributed by atoms with Gasteiger partial charge in [-0.1, -0.05) is 29.8 Å². The molecular weight excluding hydrogens is 452 g/mol. The molecule has 1 saturated heterocycles. The average molecular weight is 487 g/mol. The summed E-state index contributed by atoms with van der Waals surface area (Å²) in [5.74, 6) is 2.23. The molecular formula is C28H34N6O2. The van der Waals surface area contributed by atoms with Gasteiger partial charge >= 0.3 is 0 Å². The quantitative estimate of drug-likeness (QED) is 0.548. The maximum Gasteiger partial charge on any atom is 0.257 e. The summed E-state index contributed by atoms with van der Waals surface area (Å²) in [6.45, 7) is 6.83. The number of hydrogen-bond donors (Lipinski definition) is 0. The van der Waals surface area contributed by atoms with Gasteiger partial charge in [0.25, 0.3) is 5.91 Å². The van der Waals surface area contributed by atoms with Crippen LogP contribution in [0.2, 0.25) is 0 Å². The molecule has 8 nitrogen and oxygen atoms in total. The van der Waals surface area contributed by atoms with Crippen molar-refractivity contribution in [3.63, 3.8) is 0 Å². The van der Waals surface area contributed by atoms with E-state index in [-0.39, 0.29) is 5.91 Å². The van der Waals surface area contributed by atoms with E-state index in [2.05, 4.69) is 41.0 Å². The molecule has 0 unspecified atom stereocenters. The molecule has 0 N–H and O–H groups in total. The Morgan fingerprint density at radius 1 is 0.917 bits per heavy atom. The molecule has 2 aliphatic heterocycles. The van der Waals surface area contributed by atoms with Gasteiger partial charge in [0.2, 0.25) is 5.95 Å². The summed E-state index contributed by atoms with van der Waals surface area (Å²) in [4.78, 5) is 31.9. The lowest BCUT2D eigenvalue weighted by molar-refractivity contribution is 0.0730. The zero-order valence-electron chi connectivity index (χ0n) is 21.6. The highest BCUT2D eigenvalue weighted by atomic mass is 16.5. The van der Waals surface area contributed by atoms with Gasteiger partial charge in [0.15, 0.2) is 0 Å². The lowest BCUT2D eigenvalue weighted by Crippen LogP contribution is -2.47. The highest BCUT2D eigenvalue weighted by molar-refractivity contribution is 5.97. The average Bonchev–Trinajstić information content (AvgIpc) is 2.92. The van der Waals surface area contributed by atoms with E-state index in [1.165, 1.54) is 11.3 Å². The van der Waals surface area contributed by atoms with Gasteiger partial charge in [-0.2, -0.15) is 4.98 Å². The Morgan fingerprint density at radius 3 is 2.31 bits per heavy atom. The lowest BCUT2D eigenvalue weighted by Gasteiger charge is -2.37. The summed E-state index contributed by atoms with van der Waals surface area (Å²) in [7, 11) is 5.60. The van der Waals surface area contributed by atoms with Crippen LogP contribution in [0.15, 0.2) is 48.5 Å². The molecule has 2 aromatic carbocycles. The Hall–Kier alpha value is -3.81. The molecule has 0 atom stereocenters. The number of aromatic nitrogens is 2. The molecule has 1 amide bonds. The number of methoxy groups -OCH3 is 1. The number of anilines is 3. The zero-order chi connectivity index (χ0) is 25.2. The standard InChI is InChI=1S/C28H34N6O2/c1-20-9-11-21(12-10-20)32-15-17-33(18-16-32)28-29-24-13-14-34(19-23(24)26(30-28)31(2)3)27(35)22-7-5-6-8-25(22)36-4/h5-12H,13-19H2,1-4H3. The van der Waals surface area contributed by atoms with Crippen LogP contribution in [-0.4, -0.2) is 74.7 Å². The molecule has 8 heteroatoms. The van der Waals surface area contributed by atoms with E-state index in [0.717, 1.165) is 49.2 Å². The predicted octanol–water partition coefficient (Wildman–Crippen LogP) is 3.38. The molecule has 0 bridgehead atoms. The first-order valence-electron chi connectivity index (χ1n) is 12.5. The Kier molecular flexibility index (Phi) is 6.67. The van der Waals surface area contributed by atoms with Crippen molar-refractivity contribution in [2.24, 2.45) is 0 Å². The smallest absolute Gasteiger partial charge is 0.257 e. The third-order valence-corrected chi connectivity index (χ3v) is 7.04. The number of piperazine rings is 1. The number of aryl methyl sites for hydroxylation is 1. The first kappa shape index (κ1) is 23.9. The molecule has 0 spiro atoms.